The average Bonchev–Trinajstić information content (AvgIpc) is 3.00. The molecule has 1 atom stereocenters. The van der Waals surface area contributed by atoms with Gasteiger partial charge in [0, 0.05) is 24.2 Å². The largest absolute Gasteiger partial charge is 0.369 e. The van der Waals surface area contributed by atoms with Crippen LogP contribution in [0.1, 0.15) is 22.5 Å². The highest BCUT2D eigenvalue weighted by Gasteiger charge is 2.19. The number of aromatic nitrogens is 3. The topological polar surface area (TPSA) is 52.0 Å². The molecule has 96 valence electrons. The van der Waals surface area contributed by atoms with E-state index in [-0.39, 0.29) is 6.10 Å². The molecule has 1 aliphatic heterocycles. The van der Waals surface area contributed by atoms with E-state index in [0.29, 0.717) is 0 Å². The lowest BCUT2D eigenvalue weighted by atomic mass is 10.2. The van der Waals surface area contributed by atoms with E-state index in [2.05, 4.69) is 25.2 Å². The highest BCUT2D eigenvalue weighted by atomic mass is 32.1. The molecule has 0 spiro atoms. The van der Waals surface area contributed by atoms with E-state index >= 15 is 0 Å². The molecule has 2 aromatic heterocycles. The molecule has 5 nitrogen and oxygen atoms in total. The van der Waals surface area contributed by atoms with Crippen LogP contribution in [0.25, 0.3) is 0 Å². The molecule has 18 heavy (non-hydrogen) atoms. The van der Waals surface area contributed by atoms with E-state index in [1.807, 2.05) is 19.4 Å². The van der Waals surface area contributed by atoms with Gasteiger partial charge >= 0.3 is 0 Å². The Kier molecular flexibility index (Phi) is 3.40. The quantitative estimate of drug-likeness (QED) is 0.909. The number of imidazole rings is 1. The first kappa shape index (κ1) is 11.8. The molecule has 0 bridgehead atoms. The fourth-order valence-electron chi connectivity index (χ4n) is 2.11. The van der Waals surface area contributed by atoms with Crippen LogP contribution in [0.5, 0.6) is 0 Å². The molecule has 0 aliphatic carbocycles. The lowest BCUT2D eigenvalue weighted by Gasteiger charge is -2.24. The highest BCUT2D eigenvalue weighted by molar-refractivity contribution is 7.09. The Labute approximate surface area is 110 Å². The van der Waals surface area contributed by atoms with Crippen LogP contribution in [0.4, 0.5) is 0 Å². The van der Waals surface area contributed by atoms with Gasteiger partial charge in [-0.25, -0.2) is 9.97 Å². The minimum Gasteiger partial charge on any atom is -0.369 e. The highest BCUT2D eigenvalue weighted by Crippen LogP contribution is 2.20. The van der Waals surface area contributed by atoms with Crippen LogP contribution in [0.2, 0.25) is 0 Å². The first-order valence-corrected chi connectivity index (χ1v) is 6.94. The zero-order valence-electron chi connectivity index (χ0n) is 10.3. The Bertz CT molecular complexity index is 516. The summed E-state index contributed by atoms with van der Waals surface area (Å²) < 4.78 is 7.89. The monoisotopic (exact) mass is 264 g/mol. The van der Waals surface area contributed by atoms with Gasteiger partial charge in [0.15, 0.2) is 0 Å². The van der Waals surface area contributed by atoms with Gasteiger partial charge in [0.05, 0.1) is 31.4 Å². The fraction of sp³-hybridized carbons (Fsp3) is 0.500. The Hall–Kier alpha value is -1.24. The summed E-state index contributed by atoms with van der Waals surface area (Å²) in [6.45, 7) is 5.32. The second-order valence-electron chi connectivity index (χ2n) is 4.39. The molecular formula is C12H16N4OS. The SMILES string of the molecule is Cc1csc(Cn2cncc2C2CNCCO2)n1. The second-order valence-corrected chi connectivity index (χ2v) is 5.34. The number of hydrogen-bond donors (Lipinski definition) is 1. The van der Waals surface area contributed by atoms with Gasteiger partial charge in [-0.15, -0.1) is 11.3 Å². The molecular weight excluding hydrogens is 248 g/mol. The average molecular weight is 264 g/mol. The molecule has 1 N–H and O–H groups in total. The van der Waals surface area contributed by atoms with E-state index in [4.69, 9.17) is 4.74 Å². The summed E-state index contributed by atoms with van der Waals surface area (Å²) in [5.41, 5.74) is 2.20. The molecule has 0 aromatic carbocycles. The summed E-state index contributed by atoms with van der Waals surface area (Å²) in [6.07, 6.45) is 3.84. The minimum atomic E-state index is 0.0994. The van der Waals surface area contributed by atoms with Crippen LogP contribution in [-0.4, -0.2) is 34.2 Å². The number of nitrogens with one attached hydrogen (secondary N) is 1. The van der Waals surface area contributed by atoms with Gasteiger partial charge in [0.1, 0.15) is 11.1 Å². The summed E-state index contributed by atoms with van der Waals surface area (Å²) in [5, 5.41) is 6.52. The maximum atomic E-state index is 5.77. The van der Waals surface area contributed by atoms with Gasteiger partial charge in [0.2, 0.25) is 0 Å². The van der Waals surface area contributed by atoms with Crippen molar-refractivity contribution in [2.45, 2.75) is 19.6 Å². The molecule has 3 rings (SSSR count). The molecule has 1 aliphatic rings. The molecule has 6 heteroatoms. The zero-order chi connectivity index (χ0) is 12.4. The summed E-state index contributed by atoms with van der Waals surface area (Å²) in [6, 6.07) is 0. The molecule has 1 fully saturated rings. The third-order valence-electron chi connectivity index (χ3n) is 2.97. The van der Waals surface area contributed by atoms with E-state index in [1.54, 1.807) is 11.3 Å². The third-order valence-corrected chi connectivity index (χ3v) is 3.93. The minimum absolute atomic E-state index is 0.0994. The molecule has 0 radical (unpaired) electrons. The third kappa shape index (κ3) is 2.45. The molecule has 3 heterocycles. The van der Waals surface area contributed by atoms with E-state index in [1.165, 1.54) is 0 Å². The standard InChI is InChI=1S/C12H16N4OS/c1-9-7-18-12(15-9)6-16-8-14-4-10(16)11-5-13-2-3-17-11/h4,7-8,11,13H,2-3,5-6H2,1H3. The van der Waals surface area contributed by atoms with Crippen LogP contribution < -0.4 is 5.32 Å². The van der Waals surface area contributed by atoms with Crippen molar-refractivity contribution in [2.24, 2.45) is 0 Å². The number of thiazole rings is 1. The molecule has 1 unspecified atom stereocenters. The van der Waals surface area contributed by atoms with E-state index in [0.717, 1.165) is 42.6 Å². The van der Waals surface area contributed by atoms with Crippen LogP contribution >= 0.6 is 11.3 Å². The van der Waals surface area contributed by atoms with Gasteiger partial charge < -0.3 is 14.6 Å². The number of ether oxygens (including phenoxy) is 1. The lowest BCUT2D eigenvalue weighted by molar-refractivity contribution is 0.0230. The molecule has 1 saturated heterocycles. The zero-order valence-corrected chi connectivity index (χ0v) is 11.1. The number of aryl methyl sites for hydroxylation is 1. The van der Waals surface area contributed by atoms with Gasteiger partial charge in [-0.3, -0.25) is 0 Å². The molecule has 0 amide bonds. The predicted octanol–water partition coefficient (Wildman–Crippen LogP) is 1.36. The molecule has 0 saturated carbocycles. The van der Waals surface area contributed by atoms with Crippen molar-refractivity contribution >= 4 is 11.3 Å². The Morgan fingerprint density at radius 1 is 1.61 bits per heavy atom. The van der Waals surface area contributed by atoms with Crippen molar-refractivity contribution < 1.29 is 4.74 Å². The molecule has 2 aromatic rings. The lowest BCUT2D eigenvalue weighted by Crippen LogP contribution is -2.34. The van der Waals surface area contributed by atoms with Crippen molar-refractivity contribution in [3.8, 4) is 0 Å². The van der Waals surface area contributed by atoms with Crippen LogP contribution in [0.15, 0.2) is 17.9 Å². The van der Waals surface area contributed by atoms with Gasteiger partial charge in [-0.2, -0.15) is 0 Å². The number of morpholine rings is 1. The van der Waals surface area contributed by atoms with Crippen molar-refractivity contribution in [2.75, 3.05) is 19.7 Å². The Morgan fingerprint density at radius 3 is 3.28 bits per heavy atom. The number of nitrogens with zero attached hydrogens (tertiary/aromatic N) is 3. The van der Waals surface area contributed by atoms with Crippen molar-refractivity contribution in [3.63, 3.8) is 0 Å². The predicted molar refractivity (Wildman–Crippen MR) is 69.7 cm³/mol. The summed E-state index contributed by atoms with van der Waals surface area (Å²) >= 11 is 1.69. The number of hydrogen-bond acceptors (Lipinski definition) is 5. The second kappa shape index (κ2) is 5.17. The van der Waals surface area contributed by atoms with Crippen LogP contribution in [0, 0.1) is 6.92 Å². The number of rotatable bonds is 3. The summed E-state index contributed by atoms with van der Waals surface area (Å²) in [5.74, 6) is 0. The van der Waals surface area contributed by atoms with Crippen molar-refractivity contribution in [3.05, 3.63) is 34.3 Å². The first-order chi connectivity index (χ1) is 8.83. The Morgan fingerprint density at radius 2 is 2.56 bits per heavy atom. The van der Waals surface area contributed by atoms with Gasteiger partial charge in [-0.1, -0.05) is 0 Å². The van der Waals surface area contributed by atoms with Gasteiger partial charge in [0.25, 0.3) is 0 Å². The normalized spacial score (nSPS) is 20.2. The fourth-order valence-corrected chi connectivity index (χ4v) is 2.88. The van der Waals surface area contributed by atoms with E-state index in [9.17, 15) is 0 Å². The summed E-state index contributed by atoms with van der Waals surface area (Å²) in [7, 11) is 0. The van der Waals surface area contributed by atoms with Gasteiger partial charge in [-0.05, 0) is 6.92 Å². The maximum Gasteiger partial charge on any atom is 0.113 e. The smallest absolute Gasteiger partial charge is 0.113 e. The van der Waals surface area contributed by atoms with E-state index < -0.39 is 0 Å². The van der Waals surface area contributed by atoms with Crippen molar-refractivity contribution in [1.82, 2.24) is 19.9 Å². The Balaban J connectivity index is 1.78. The first-order valence-electron chi connectivity index (χ1n) is 6.06. The van der Waals surface area contributed by atoms with Crippen LogP contribution in [0.3, 0.4) is 0 Å². The summed E-state index contributed by atoms with van der Waals surface area (Å²) in [4.78, 5) is 8.72. The van der Waals surface area contributed by atoms with Crippen molar-refractivity contribution in [1.29, 1.82) is 0 Å². The maximum absolute atomic E-state index is 5.77. The van der Waals surface area contributed by atoms with Crippen LogP contribution in [-0.2, 0) is 11.3 Å².